The van der Waals surface area contributed by atoms with E-state index in [0.29, 0.717) is 0 Å². The third-order valence-corrected chi connectivity index (χ3v) is 4.18. The highest BCUT2D eigenvalue weighted by Crippen LogP contribution is 2.24. The molecule has 1 heterocycles. The Kier molecular flexibility index (Phi) is 4.36. The Labute approximate surface area is 138 Å². The summed E-state index contributed by atoms with van der Waals surface area (Å²) in [6.07, 6.45) is 1.85. The van der Waals surface area contributed by atoms with E-state index in [2.05, 4.69) is 75.5 Å². The Bertz CT molecular complexity index is 704. The van der Waals surface area contributed by atoms with E-state index in [4.69, 9.17) is 0 Å². The number of nitrogens with zero attached hydrogens (tertiary/aromatic N) is 2. The number of nitrogens with one attached hydrogen (secondary N) is 1. The molecule has 4 heteroatoms. The van der Waals surface area contributed by atoms with Gasteiger partial charge in [-0.1, -0.05) is 30.3 Å². The number of rotatable bonds is 4. The third kappa shape index (κ3) is 3.01. The van der Waals surface area contributed by atoms with Crippen molar-refractivity contribution in [2.45, 2.75) is 6.04 Å². The minimum Gasteiger partial charge on any atom is -0.308 e. The van der Waals surface area contributed by atoms with Gasteiger partial charge in [0.1, 0.15) is 0 Å². The molecule has 0 spiro atoms. The van der Waals surface area contributed by atoms with Crippen molar-refractivity contribution in [3.63, 3.8) is 0 Å². The molecule has 0 aliphatic rings. The van der Waals surface area contributed by atoms with Crippen molar-refractivity contribution >= 4 is 22.6 Å². The second kappa shape index (κ2) is 6.41. The van der Waals surface area contributed by atoms with Crippen LogP contribution in [0.2, 0.25) is 0 Å². The van der Waals surface area contributed by atoms with Crippen LogP contribution in [0.25, 0.3) is 5.69 Å². The van der Waals surface area contributed by atoms with E-state index < -0.39 is 0 Å². The standard InChI is InChI=1S/C17H16IN3/c1-19-17(13-7-9-14(18)10-8-13)16-11-12-20-21(16)15-5-3-2-4-6-15/h2-12,17,19H,1H3. The summed E-state index contributed by atoms with van der Waals surface area (Å²) in [7, 11) is 1.98. The van der Waals surface area contributed by atoms with Gasteiger partial charge >= 0.3 is 0 Å². The van der Waals surface area contributed by atoms with Crippen LogP contribution in [-0.2, 0) is 0 Å². The summed E-state index contributed by atoms with van der Waals surface area (Å²) in [4.78, 5) is 0. The van der Waals surface area contributed by atoms with Gasteiger partial charge in [0, 0.05) is 9.77 Å². The molecule has 0 radical (unpaired) electrons. The van der Waals surface area contributed by atoms with Crippen molar-refractivity contribution in [2.75, 3.05) is 7.05 Å². The molecule has 3 rings (SSSR count). The maximum atomic E-state index is 4.47. The van der Waals surface area contributed by atoms with E-state index in [0.717, 1.165) is 11.4 Å². The first kappa shape index (κ1) is 14.3. The molecule has 2 aromatic carbocycles. The van der Waals surface area contributed by atoms with Gasteiger partial charge in [0.05, 0.1) is 17.4 Å². The second-order valence-corrected chi connectivity index (χ2v) is 6.02. The Balaban J connectivity index is 2.03. The van der Waals surface area contributed by atoms with E-state index in [9.17, 15) is 0 Å². The molecule has 1 aromatic heterocycles. The summed E-state index contributed by atoms with van der Waals surface area (Å²) in [5.41, 5.74) is 3.43. The highest BCUT2D eigenvalue weighted by Gasteiger charge is 2.17. The van der Waals surface area contributed by atoms with Crippen LogP contribution in [-0.4, -0.2) is 16.8 Å². The van der Waals surface area contributed by atoms with Gasteiger partial charge in [-0.25, -0.2) is 4.68 Å². The smallest absolute Gasteiger partial charge is 0.0750 e. The van der Waals surface area contributed by atoms with Crippen molar-refractivity contribution in [1.82, 2.24) is 15.1 Å². The van der Waals surface area contributed by atoms with E-state index >= 15 is 0 Å². The zero-order chi connectivity index (χ0) is 14.7. The molecule has 21 heavy (non-hydrogen) atoms. The van der Waals surface area contributed by atoms with Gasteiger partial charge in [0.2, 0.25) is 0 Å². The Hall–Kier alpha value is -1.66. The summed E-state index contributed by atoms with van der Waals surface area (Å²) in [5, 5.41) is 7.86. The van der Waals surface area contributed by atoms with Crippen LogP contribution in [0, 0.1) is 3.57 Å². The molecular weight excluding hydrogens is 373 g/mol. The topological polar surface area (TPSA) is 29.9 Å². The van der Waals surface area contributed by atoms with Crippen LogP contribution in [0.1, 0.15) is 17.3 Å². The fraction of sp³-hybridized carbons (Fsp3) is 0.118. The number of aromatic nitrogens is 2. The van der Waals surface area contributed by atoms with Crippen molar-refractivity contribution in [2.24, 2.45) is 0 Å². The van der Waals surface area contributed by atoms with Crippen molar-refractivity contribution in [3.05, 3.63) is 81.7 Å². The Morgan fingerprint density at radius 2 is 1.71 bits per heavy atom. The fourth-order valence-corrected chi connectivity index (χ4v) is 2.82. The van der Waals surface area contributed by atoms with Crippen LogP contribution in [0.15, 0.2) is 66.9 Å². The van der Waals surface area contributed by atoms with E-state index in [1.165, 1.54) is 9.13 Å². The van der Waals surface area contributed by atoms with Gasteiger partial charge in [-0.05, 0) is 65.5 Å². The normalized spacial score (nSPS) is 12.3. The highest BCUT2D eigenvalue weighted by atomic mass is 127. The van der Waals surface area contributed by atoms with Crippen LogP contribution in [0.4, 0.5) is 0 Å². The molecule has 1 N–H and O–H groups in total. The number of para-hydroxylation sites is 1. The first-order valence-corrected chi connectivity index (χ1v) is 7.89. The minimum atomic E-state index is 0.115. The Morgan fingerprint density at radius 1 is 1.00 bits per heavy atom. The molecule has 3 aromatic rings. The molecule has 1 unspecified atom stereocenters. The summed E-state index contributed by atoms with van der Waals surface area (Å²) in [5.74, 6) is 0. The first-order valence-electron chi connectivity index (χ1n) is 6.81. The lowest BCUT2D eigenvalue weighted by Gasteiger charge is -2.18. The lowest BCUT2D eigenvalue weighted by Crippen LogP contribution is -2.21. The molecule has 3 nitrogen and oxygen atoms in total. The third-order valence-electron chi connectivity index (χ3n) is 3.46. The zero-order valence-electron chi connectivity index (χ0n) is 11.7. The predicted molar refractivity (Wildman–Crippen MR) is 93.6 cm³/mol. The largest absolute Gasteiger partial charge is 0.308 e. The molecule has 0 aliphatic carbocycles. The monoisotopic (exact) mass is 389 g/mol. The molecule has 1 atom stereocenters. The maximum absolute atomic E-state index is 4.47. The minimum absolute atomic E-state index is 0.115. The van der Waals surface area contributed by atoms with Gasteiger partial charge in [-0.2, -0.15) is 5.10 Å². The average Bonchev–Trinajstić information content (AvgIpc) is 3.00. The molecule has 0 bridgehead atoms. The fourth-order valence-electron chi connectivity index (χ4n) is 2.46. The summed E-state index contributed by atoms with van der Waals surface area (Å²) in [6.45, 7) is 0. The van der Waals surface area contributed by atoms with E-state index in [1.807, 2.05) is 36.1 Å². The summed E-state index contributed by atoms with van der Waals surface area (Å²) < 4.78 is 3.22. The number of benzene rings is 2. The number of halogens is 1. The molecule has 0 amide bonds. The van der Waals surface area contributed by atoms with Crippen LogP contribution < -0.4 is 5.32 Å². The Morgan fingerprint density at radius 3 is 2.38 bits per heavy atom. The SMILES string of the molecule is CNC(c1ccc(I)cc1)c1ccnn1-c1ccccc1. The quantitative estimate of drug-likeness (QED) is 0.689. The lowest BCUT2D eigenvalue weighted by atomic mass is 10.0. The van der Waals surface area contributed by atoms with Gasteiger partial charge in [0.15, 0.2) is 0 Å². The highest BCUT2D eigenvalue weighted by molar-refractivity contribution is 14.1. The molecule has 0 fully saturated rings. The maximum Gasteiger partial charge on any atom is 0.0750 e. The van der Waals surface area contributed by atoms with Crippen molar-refractivity contribution in [1.29, 1.82) is 0 Å². The van der Waals surface area contributed by atoms with Gasteiger partial charge in [-0.3, -0.25) is 0 Å². The molecule has 0 saturated heterocycles. The molecule has 0 saturated carbocycles. The lowest BCUT2D eigenvalue weighted by molar-refractivity contribution is 0.637. The molecule has 106 valence electrons. The average molecular weight is 389 g/mol. The summed E-state index contributed by atoms with van der Waals surface area (Å²) >= 11 is 2.32. The van der Waals surface area contributed by atoms with Gasteiger partial charge in [-0.15, -0.1) is 0 Å². The van der Waals surface area contributed by atoms with E-state index in [1.54, 1.807) is 0 Å². The second-order valence-electron chi connectivity index (χ2n) is 4.78. The van der Waals surface area contributed by atoms with Gasteiger partial charge in [0.25, 0.3) is 0 Å². The molecular formula is C17H16IN3. The van der Waals surface area contributed by atoms with Crippen LogP contribution in [0.3, 0.4) is 0 Å². The van der Waals surface area contributed by atoms with Crippen LogP contribution >= 0.6 is 22.6 Å². The summed E-state index contributed by atoms with van der Waals surface area (Å²) in [6, 6.07) is 21.0. The van der Waals surface area contributed by atoms with Crippen molar-refractivity contribution < 1.29 is 0 Å². The molecule has 0 aliphatic heterocycles. The van der Waals surface area contributed by atoms with Crippen LogP contribution in [0.5, 0.6) is 0 Å². The predicted octanol–water partition coefficient (Wildman–Crippen LogP) is 3.79. The van der Waals surface area contributed by atoms with Gasteiger partial charge < -0.3 is 5.32 Å². The zero-order valence-corrected chi connectivity index (χ0v) is 13.9. The van der Waals surface area contributed by atoms with Crippen molar-refractivity contribution in [3.8, 4) is 5.69 Å². The number of hydrogen-bond acceptors (Lipinski definition) is 2. The van der Waals surface area contributed by atoms with E-state index in [-0.39, 0.29) is 6.04 Å². The first-order chi connectivity index (χ1) is 10.3. The number of hydrogen-bond donors (Lipinski definition) is 1.